The Morgan fingerprint density at radius 3 is 1.95 bits per heavy atom. The van der Waals surface area contributed by atoms with Crippen molar-refractivity contribution >= 4 is 29.7 Å². The summed E-state index contributed by atoms with van der Waals surface area (Å²) in [5.74, 6) is -4.56. The second kappa shape index (κ2) is 10.1. The summed E-state index contributed by atoms with van der Waals surface area (Å²) in [5, 5.41) is 23.7. The predicted octanol–water partition coefficient (Wildman–Crippen LogP) is -3.39. The van der Waals surface area contributed by atoms with Crippen LogP contribution in [0.5, 0.6) is 0 Å². The maximum absolute atomic E-state index is 11.5. The number of hydrogen-bond acceptors (Lipinski definition) is 6. The van der Waals surface area contributed by atoms with E-state index in [0.717, 1.165) is 0 Å². The Bertz CT molecular complexity index is 452. The van der Waals surface area contributed by atoms with Gasteiger partial charge in [-0.1, -0.05) is 0 Å². The minimum absolute atomic E-state index is 0.280. The van der Waals surface area contributed by atoms with Gasteiger partial charge in [0.1, 0.15) is 6.04 Å². The Labute approximate surface area is 125 Å². The van der Waals surface area contributed by atoms with E-state index in [1.165, 1.54) is 0 Å². The SMILES string of the molecule is NCC(=O)NCC(=O)NCC(=O)N[C@@H](CCC(=O)O)C(=O)O. The van der Waals surface area contributed by atoms with E-state index in [9.17, 15) is 24.0 Å². The molecule has 0 aromatic carbocycles. The Kier molecular flexibility index (Phi) is 8.86. The lowest BCUT2D eigenvalue weighted by atomic mass is 10.1. The average Bonchev–Trinajstić information content (AvgIpc) is 2.46. The van der Waals surface area contributed by atoms with E-state index in [4.69, 9.17) is 15.9 Å². The molecule has 0 radical (unpaired) electrons. The fourth-order valence-electron chi connectivity index (χ4n) is 1.26. The van der Waals surface area contributed by atoms with Gasteiger partial charge in [-0.05, 0) is 6.42 Å². The molecule has 7 N–H and O–H groups in total. The van der Waals surface area contributed by atoms with Gasteiger partial charge in [0, 0.05) is 6.42 Å². The van der Waals surface area contributed by atoms with Crippen LogP contribution in [0.15, 0.2) is 0 Å². The lowest BCUT2D eigenvalue weighted by Crippen LogP contribution is -2.47. The van der Waals surface area contributed by atoms with Crippen molar-refractivity contribution in [2.24, 2.45) is 5.73 Å². The van der Waals surface area contributed by atoms with Crippen molar-refractivity contribution < 1.29 is 34.2 Å². The number of carbonyl (C=O) groups is 5. The van der Waals surface area contributed by atoms with Crippen molar-refractivity contribution in [3.05, 3.63) is 0 Å². The fraction of sp³-hybridized carbons (Fsp3) is 0.545. The third-order valence-electron chi connectivity index (χ3n) is 2.36. The molecule has 124 valence electrons. The summed E-state index contributed by atoms with van der Waals surface area (Å²) in [4.78, 5) is 54.7. The predicted molar refractivity (Wildman–Crippen MR) is 71.5 cm³/mol. The maximum Gasteiger partial charge on any atom is 0.326 e. The van der Waals surface area contributed by atoms with Gasteiger partial charge in [0.15, 0.2) is 0 Å². The molecular weight excluding hydrogens is 300 g/mol. The first-order chi connectivity index (χ1) is 10.3. The highest BCUT2D eigenvalue weighted by Crippen LogP contribution is 1.97. The summed E-state index contributed by atoms with van der Waals surface area (Å²) in [6, 6.07) is -1.36. The van der Waals surface area contributed by atoms with Crippen LogP contribution in [0.2, 0.25) is 0 Å². The van der Waals surface area contributed by atoms with Gasteiger partial charge < -0.3 is 31.9 Å². The number of carbonyl (C=O) groups excluding carboxylic acids is 3. The van der Waals surface area contributed by atoms with Crippen LogP contribution in [0.4, 0.5) is 0 Å². The van der Waals surface area contributed by atoms with Gasteiger partial charge in [-0.25, -0.2) is 4.79 Å². The molecular formula is C11H18N4O7. The molecule has 0 aliphatic rings. The molecule has 0 aromatic rings. The molecule has 0 heterocycles. The van der Waals surface area contributed by atoms with Crippen LogP contribution >= 0.6 is 0 Å². The summed E-state index contributed by atoms with van der Waals surface area (Å²) in [5.41, 5.74) is 5.01. The van der Waals surface area contributed by atoms with Crippen molar-refractivity contribution in [2.45, 2.75) is 18.9 Å². The van der Waals surface area contributed by atoms with Gasteiger partial charge in [0.2, 0.25) is 17.7 Å². The van der Waals surface area contributed by atoms with E-state index in [1.54, 1.807) is 0 Å². The summed E-state index contributed by atoms with van der Waals surface area (Å²) < 4.78 is 0. The number of aliphatic carboxylic acids is 2. The van der Waals surface area contributed by atoms with Crippen LogP contribution in [0.1, 0.15) is 12.8 Å². The highest BCUT2D eigenvalue weighted by Gasteiger charge is 2.21. The van der Waals surface area contributed by atoms with Crippen molar-refractivity contribution in [1.82, 2.24) is 16.0 Å². The van der Waals surface area contributed by atoms with Gasteiger partial charge in [-0.3, -0.25) is 19.2 Å². The van der Waals surface area contributed by atoms with E-state index in [2.05, 4.69) is 16.0 Å². The molecule has 0 aliphatic heterocycles. The summed E-state index contributed by atoms with van der Waals surface area (Å²) in [7, 11) is 0. The number of nitrogens with two attached hydrogens (primary N) is 1. The van der Waals surface area contributed by atoms with E-state index < -0.39 is 48.7 Å². The first-order valence-corrected chi connectivity index (χ1v) is 6.23. The normalized spacial score (nSPS) is 11.1. The molecule has 0 saturated heterocycles. The number of hydrogen-bond donors (Lipinski definition) is 6. The third-order valence-corrected chi connectivity index (χ3v) is 2.36. The lowest BCUT2D eigenvalue weighted by molar-refractivity contribution is -0.143. The molecule has 0 fully saturated rings. The Hall–Kier alpha value is -2.69. The monoisotopic (exact) mass is 318 g/mol. The molecule has 0 unspecified atom stereocenters. The molecule has 11 heteroatoms. The van der Waals surface area contributed by atoms with Crippen LogP contribution in [0.3, 0.4) is 0 Å². The van der Waals surface area contributed by atoms with Gasteiger partial charge >= 0.3 is 11.9 Å². The third kappa shape index (κ3) is 9.25. The second-order valence-corrected chi connectivity index (χ2v) is 4.15. The molecule has 0 aliphatic carbocycles. The Morgan fingerprint density at radius 2 is 1.45 bits per heavy atom. The molecule has 0 spiro atoms. The molecule has 0 saturated carbocycles. The Balaban J connectivity index is 4.13. The van der Waals surface area contributed by atoms with Crippen molar-refractivity contribution in [3.63, 3.8) is 0 Å². The topological polar surface area (TPSA) is 188 Å². The van der Waals surface area contributed by atoms with Gasteiger partial charge in [0.25, 0.3) is 0 Å². The average molecular weight is 318 g/mol. The molecule has 0 aromatic heterocycles. The maximum atomic E-state index is 11.5. The highest BCUT2D eigenvalue weighted by atomic mass is 16.4. The number of carboxylic acid groups (broad SMARTS) is 2. The fourth-order valence-corrected chi connectivity index (χ4v) is 1.26. The van der Waals surface area contributed by atoms with Gasteiger partial charge in [-0.2, -0.15) is 0 Å². The zero-order valence-electron chi connectivity index (χ0n) is 11.6. The zero-order chi connectivity index (χ0) is 17.1. The lowest BCUT2D eigenvalue weighted by Gasteiger charge is -2.13. The number of nitrogens with one attached hydrogen (secondary N) is 3. The zero-order valence-corrected chi connectivity index (χ0v) is 11.6. The molecule has 1 atom stereocenters. The van der Waals surface area contributed by atoms with Crippen molar-refractivity contribution in [1.29, 1.82) is 0 Å². The van der Waals surface area contributed by atoms with Gasteiger partial charge in [-0.15, -0.1) is 0 Å². The summed E-state index contributed by atoms with van der Waals surface area (Å²) >= 11 is 0. The van der Waals surface area contributed by atoms with E-state index in [1.807, 2.05) is 0 Å². The molecule has 22 heavy (non-hydrogen) atoms. The van der Waals surface area contributed by atoms with E-state index >= 15 is 0 Å². The molecule has 0 bridgehead atoms. The summed E-state index contributed by atoms with van der Waals surface area (Å²) in [6.45, 7) is -1.16. The van der Waals surface area contributed by atoms with Crippen molar-refractivity contribution in [3.8, 4) is 0 Å². The number of amides is 3. The minimum atomic E-state index is -1.38. The van der Waals surface area contributed by atoms with E-state index in [0.29, 0.717) is 0 Å². The first kappa shape index (κ1) is 19.3. The standard InChI is InChI=1S/C11H18N4O7/c12-3-7(16)13-4-8(17)14-5-9(18)15-6(11(21)22)1-2-10(19)20/h6H,1-5,12H2,(H,13,16)(H,14,17)(H,15,18)(H,19,20)(H,21,22)/t6-/m0/s1. The minimum Gasteiger partial charge on any atom is -0.481 e. The smallest absolute Gasteiger partial charge is 0.326 e. The van der Waals surface area contributed by atoms with Crippen LogP contribution in [-0.4, -0.2) is 65.5 Å². The van der Waals surface area contributed by atoms with Gasteiger partial charge in [0.05, 0.1) is 19.6 Å². The number of rotatable bonds is 10. The van der Waals surface area contributed by atoms with E-state index in [-0.39, 0.29) is 19.5 Å². The molecule has 11 nitrogen and oxygen atoms in total. The highest BCUT2D eigenvalue weighted by molar-refractivity contribution is 5.90. The van der Waals surface area contributed by atoms with Crippen LogP contribution in [-0.2, 0) is 24.0 Å². The van der Waals surface area contributed by atoms with Crippen molar-refractivity contribution in [2.75, 3.05) is 19.6 Å². The first-order valence-electron chi connectivity index (χ1n) is 6.23. The van der Waals surface area contributed by atoms with Crippen LogP contribution in [0, 0.1) is 0 Å². The second-order valence-electron chi connectivity index (χ2n) is 4.15. The van der Waals surface area contributed by atoms with Crippen LogP contribution in [0.25, 0.3) is 0 Å². The molecule has 3 amide bonds. The number of carboxylic acids is 2. The Morgan fingerprint density at radius 1 is 0.909 bits per heavy atom. The largest absolute Gasteiger partial charge is 0.481 e. The summed E-state index contributed by atoms with van der Waals surface area (Å²) in [6.07, 6.45) is -0.703. The molecule has 0 rings (SSSR count). The van der Waals surface area contributed by atoms with Crippen LogP contribution < -0.4 is 21.7 Å². The quantitative estimate of drug-likeness (QED) is 0.240.